The Hall–Kier alpha value is -4.68. The quantitative estimate of drug-likeness (QED) is 0.172. The van der Waals surface area contributed by atoms with E-state index in [2.05, 4.69) is 11.4 Å². The van der Waals surface area contributed by atoms with E-state index in [1.54, 1.807) is 0 Å². The molecule has 1 saturated heterocycles. The molecule has 0 bridgehead atoms. The molecule has 1 aliphatic rings. The van der Waals surface area contributed by atoms with Gasteiger partial charge in [-0.2, -0.15) is 0 Å². The van der Waals surface area contributed by atoms with Gasteiger partial charge in [-0.15, -0.1) is 0 Å². The number of rotatable bonds is 7. The van der Waals surface area contributed by atoms with E-state index in [0.29, 0.717) is 17.7 Å². The van der Waals surface area contributed by atoms with Crippen molar-refractivity contribution in [3.8, 4) is 5.75 Å². The van der Waals surface area contributed by atoms with Crippen molar-refractivity contribution in [2.24, 2.45) is 5.73 Å². The molecule has 0 unspecified atom stereocenters. The van der Waals surface area contributed by atoms with Gasteiger partial charge in [-0.1, -0.05) is 60.7 Å². The van der Waals surface area contributed by atoms with Gasteiger partial charge < -0.3 is 20.7 Å². The monoisotopic (exact) mass is 528 g/mol. The van der Waals surface area contributed by atoms with Crippen molar-refractivity contribution in [1.82, 2.24) is 5.32 Å². The van der Waals surface area contributed by atoms with Crippen molar-refractivity contribution in [3.05, 3.63) is 120 Å². The number of carbonyl (C=O) groups excluding carboxylic acids is 1. The topological polar surface area (TPSA) is 91.4 Å². The molecule has 1 amide bonds. The van der Waals surface area contributed by atoms with Crippen LogP contribution in [0.15, 0.2) is 103 Å². The van der Waals surface area contributed by atoms with E-state index in [1.165, 1.54) is 0 Å². The number of nitrogens with one attached hydrogen (secondary N) is 2. The Morgan fingerprint density at radius 3 is 2.40 bits per heavy atom. The maximum atomic E-state index is 14.2. The maximum Gasteiger partial charge on any atom is 0.259 e. The van der Waals surface area contributed by atoms with Gasteiger partial charge >= 0.3 is 0 Å². The minimum absolute atomic E-state index is 0.0341. The first-order valence-corrected chi connectivity index (χ1v) is 13.7. The highest BCUT2D eigenvalue weighted by Gasteiger charge is 2.21. The molecule has 6 heteroatoms. The molecular formula is C34H32N4O2. The molecule has 0 spiro atoms. The Bertz CT molecular complexity index is 1690. The lowest BCUT2D eigenvalue weighted by molar-refractivity contribution is 0.0986. The summed E-state index contributed by atoms with van der Waals surface area (Å²) in [5.74, 6) is 0.781. The Labute approximate surface area is 233 Å². The van der Waals surface area contributed by atoms with Crippen LogP contribution in [0.3, 0.4) is 0 Å². The van der Waals surface area contributed by atoms with Crippen LogP contribution in [-0.2, 0) is 6.54 Å². The Balaban J connectivity index is 1.36. The van der Waals surface area contributed by atoms with Crippen molar-refractivity contribution < 1.29 is 9.53 Å². The fraction of sp³-hybridized carbons (Fsp3) is 0.176. The summed E-state index contributed by atoms with van der Waals surface area (Å²) in [5.41, 5.74) is 8.86. The second-order valence-corrected chi connectivity index (χ2v) is 10.3. The van der Waals surface area contributed by atoms with E-state index < -0.39 is 0 Å². The second-order valence-electron chi connectivity index (χ2n) is 10.3. The number of anilines is 1. The van der Waals surface area contributed by atoms with Crippen LogP contribution in [0.4, 0.5) is 5.69 Å². The molecule has 4 N–H and O–H groups in total. The van der Waals surface area contributed by atoms with Gasteiger partial charge in [-0.3, -0.25) is 10.2 Å². The van der Waals surface area contributed by atoms with Crippen LogP contribution in [0.5, 0.6) is 5.75 Å². The van der Waals surface area contributed by atoms with Crippen LogP contribution in [0.25, 0.3) is 21.5 Å². The van der Waals surface area contributed by atoms with Crippen LogP contribution in [0.2, 0.25) is 0 Å². The van der Waals surface area contributed by atoms with Gasteiger partial charge in [0.1, 0.15) is 17.7 Å². The summed E-state index contributed by atoms with van der Waals surface area (Å²) in [6.45, 7) is 2.32. The van der Waals surface area contributed by atoms with Crippen molar-refractivity contribution in [1.29, 1.82) is 5.41 Å². The number of nitrogens with two attached hydrogens (primary N) is 1. The highest BCUT2D eigenvalue weighted by atomic mass is 16.5. The number of nitrogen functional groups attached to an aromatic ring is 1. The van der Waals surface area contributed by atoms with E-state index in [0.717, 1.165) is 64.5 Å². The Morgan fingerprint density at radius 2 is 1.60 bits per heavy atom. The number of piperidine rings is 1. The highest BCUT2D eigenvalue weighted by Crippen LogP contribution is 2.28. The number of amidine groups is 1. The second kappa shape index (κ2) is 11.2. The van der Waals surface area contributed by atoms with E-state index in [1.807, 2.05) is 102 Å². The summed E-state index contributed by atoms with van der Waals surface area (Å²) in [4.78, 5) is 16.0. The number of benzene rings is 5. The molecule has 5 aromatic carbocycles. The lowest BCUT2D eigenvalue weighted by Crippen LogP contribution is -2.34. The maximum absolute atomic E-state index is 14.2. The zero-order valence-corrected chi connectivity index (χ0v) is 22.3. The van der Waals surface area contributed by atoms with E-state index in [4.69, 9.17) is 15.9 Å². The van der Waals surface area contributed by atoms with Gasteiger partial charge in [0, 0.05) is 16.8 Å². The fourth-order valence-corrected chi connectivity index (χ4v) is 5.39. The molecule has 1 aliphatic heterocycles. The highest BCUT2D eigenvalue weighted by molar-refractivity contribution is 6.14. The first kappa shape index (κ1) is 25.6. The van der Waals surface area contributed by atoms with Gasteiger partial charge in [-0.05, 0) is 95.5 Å². The zero-order chi connectivity index (χ0) is 27.5. The number of amides is 1. The summed E-state index contributed by atoms with van der Waals surface area (Å²) in [6.07, 6.45) is 2.18. The Kier molecular flexibility index (Phi) is 7.17. The van der Waals surface area contributed by atoms with Gasteiger partial charge in [0.05, 0.1) is 6.54 Å². The number of fused-ring (bicyclic) bond motifs is 2. The summed E-state index contributed by atoms with van der Waals surface area (Å²) in [5, 5.41) is 15.2. The third-order valence-electron chi connectivity index (χ3n) is 7.56. The van der Waals surface area contributed by atoms with Crippen LogP contribution in [-0.4, -0.2) is 30.9 Å². The SMILES string of the molecule is N=C(N)c1ccc2ccc(CN(C(=O)c3cccc4ccccc34)c3ccc(OC4CCNCC4)cc3)cc2c1. The molecule has 1 fully saturated rings. The van der Waals surface area contributed by atoms with E-state index >= 15 is 0 Å². The minimum atomic E-state index is -0.0681. The predicted molar refractivity (Wildman–Crippen MR) is 162 cm³/mol. The molecule has 0 atom stereocenters. The van der Waals surface area contributed by atoms with Gasteiger partial charge in [0.2, 0.25) is 0 Å². The largest absolute Gasteiger partial charge is 0.490 e. The molecule has 0 aliphatic carbocycles. The normalized spacial score (nSPS) is 13.8. The number of carbonyl (C=O) groups is 1. The van der Waals surface area contributed by atoms with Crippen molar-refractivity contribution in [2.45, 2.75) is 25.5 Å². The lowest BCUT2D eigenvalue weighted by Gasteiger charge is -2.26. The van der Waals surface area contributed by atoms with Gasteiger partial charge in [0.15, 0.2) is 0 Å². The average molecular weight is 529 g/mol. The van der Waals surface area contributed by atoms with Crippen LogP contribution in [0, 0.1) is 5.41 Å². The first-order valence-electron chi connectivity index (χ1n) is 13.7. The molecule has 6 nitrogen and oxygen atoms in total. The summed E-state index contributed by atoms with van der Waals surface area (Å²) < 4.78 is 6.22. The standard InChI is InChI=1S/C34H32N4O2/c35-33(36)26-11-10-24-9-8-23(20-27(24)21-26)22-38(34(39)32-7-3-5-25-4-1-2-6-31(25)32)28-12-14-29(15-13-28)40-30-16-18-37-19-17-30/h1-15,20-21,30,37H,16-19,22H2,(H3,35,36). The average Bonchev–Trinajstić information content (AvgIpc) is 3.00. The predicted octanol–water partition coefficient (Wildman–Crippen LogP) is 6.25. The molecule has 0 radical (unpaired) electrons. The summed E-state index contributed by atoms with van der Waals surface area (Å²) in [7, 11) is 0. The zero-order valence-electron chi connectivity index (χ0n) is 22.3. The van der Waals surface area contributed by atoms with Crippen LogP contribution < -0.4 is 20.7 Å². The molecule has 0 aromatic heterocycles. The van der Waals surface area contributed by atoms with E-state index in [9.17, 15) is 4.79 Å². The summed E-state index contributed by atoms with van der Waals surface area (Å²) >= 11 is 0. The first-order chi connectivity index (χ1) is 19.5. The number of hydrogen-bond acceptors (Lipinski definition) is 4. The third kappa shape index (κ3) is 5.40. The van der Waals surface area contributed by atoms with E-state index in [-0.39, 0.29) is 17.8 Å². The molecule has 5 aromatic rings. The molecule has 200 valence electrons. The number of hydrogen-bond donors (Lipinski definition) is 3. The minimum Gasteiger partial charge on any atom is -0.490 e. The van der Waals surface area contributed by atoms with Crippen molar-refractivity contribution in [2.75, 3.05) is 18.0 Å². The molecular weight excluding hydrogens is 496 g/mol. The fourth-order valence-electron chi connectivity index (χ4n) is 5.39. The smallest absolute Gasteiger partial charge is 0.259 e. The Morgan fingerprint density at radius 1 is 0.850 bits per heavy atom. The third-order valence-corrected chi connectivity index (χ3v) is 7.56. The number of nitrogens with zero attached hydrogens (tertiary/aromatic N) is 1. The van der Waals surface area contributed by atoms with Gasteiger partial charge in [0.25, 0.3) is 5.91 Å². The van der Waals surface area contributed by atoms with Crippen LogP contribution >= 0.6 is 0 Å². The van der Waals surface area contributed by atoms with Gasteiger partial charge in [-0.25, -0.2) is 0 Å². The molecule has 40 heavy (non-hydrogen) atoms. The molecule has 6 rings (SSSR count). The molecule has 1 heterocycles. The van der Waals surface area contributed by atoms with Crippen molar-refractivity contribution in [3.63, 3.8) is 0 Å². The molecule has 0 saturated carbocycles. The van der Waals surface area contributed by atoms with Crippen LogP contribution in [0.1, 0.15) is 34.3 Å². The summed E-state index contributed by atoms with van der Waals surface area (Å²) in [6, 6.07) is 33.6. The lowest BCUT2D eigenvalue weighted by atomic mass is 10.0. The van der Waals surface area contributed by atoms with Crippen molar-refractivity contribution >= 4 is 39.0 Å². The number of ether oxygens (including phenoxy) is 1.